The van der Waals surface area contributed by atoms with Gasteiger partial charge in [0.05, 0.1) is 5.69 Å². The van der Waals surface area contributed by atoms with Crippen LogP contribution >= 0.6 is 0 Å². The van der Waals surface area contributed by atoms with Crippen LogP contribution in [-0.4, -0.2) is 5.54 Å². The van der Waals surface area contributed by atoms with Gasteiger partial charge in [-0.2, -0.15) is 0 Å². The van der Waals surface area contributed by atoms with Crippen molar-refractivity contribution in [2.45, 2.75) is 45.1 Å². The number of para-hydroxylation sites is 1. The van der Waals surface area contributed by atoms with E-state index in [9.17, 15) is 4.39 Å². The Balaban J connectivity index is 2.60. The highest BCUT2D eigenvalue weighted by molar-refractivity contribution is 5.59. The maximum Gasteiger partial charge on any atom is 0.146 e. The molecule has 0 aromatic heterocycles. The summed E-state index contributed by atoms with van der Waals surface area (Å²) in [5.74, 6) is -0.145. The van der Waals surface area contributed by atoms with E-state index in [0.717, 1.165) is 12.0 Å². The lowest BCUT2D eigenvalue weighted by molar-refractivity contribution is 0.351. The van der Waals surface area contributed by atoms with Crippen molar-refractivity contribution in [2.24, 2.45) is 0 Å². The molecule has 15 heavy (non-hydrogen) atoms. The molecule has 82 valence electrons. The molecule has 2 heteroatoms. The van der Waals surface area contributed by atoms with E-state index in [1.54, 1.807) is 6.07 Å². The van der Waals surface area contributed by atoms with E-state index in [0.29, 0.717) is 5.69 Å². The number of fused-ring (bicyclic) bond motifs is 1. The fourth-order valence-corrected chi connectivity index (χ4v) is 2.80. The maximum absolute atomic E-state index is 13.7. The molecule has 0 unspecified atom stereocenters. The molecule has 0 atom stereocenters. The monoisotopic (exact) mass is 207 g/mol. The molecule has 0 spiro atoms. The second kappa shape index (κ2) is 2.97. The molecule has 0 radical (unpaired) electrons. The van der Waals surface area contributed by atoms with E-state index < -0.39 is 0 Å². The molecule has 0 aliphatic carbocycles. The second-order valence-electron chi connectivity index (χ2n) is 5.73. The minimum Gasteiger partial charge on any atom is -0.378 e. The largest absolute Gasteiger partial charge is 0.378 e. The smallest absolute Gasteiger partial charge is 0.146 e. The van der Waals surface area contributed by atoms with Crippen LogP contribution in [0.1, 0.15) is 39.7 Å². The van der Waals surface area contributed by atoms with Gasteiger partial charge >= 0.3 is 0 Å². The number of hydrogen-bond acceptors (Lipinski definition) is 1. The first-order chi connectivity index (χ1) is 6.82. The van der Waals surface area contributed by atoms with Gasteiger partial charge in [0.25, 0.3) is 0 Å². The molecule has 1 aromatic carbocycles. The Hall–Kier alpha value is -1.05. The predicted molar refractivity (Wildman–Crippen MR) is 61.7 cm³/mol. The number of hydrogen-bond donors (Lipinski definition) is 1. The van der Waals surface area contributed by atoms with Crippen molar-refractivity contribution < 1.29 is 4.39 Å². The van der Waals surface area contributed by atoms with Gasteiger partial charge in [-0.3, -0.25) is 0 Å². The fourth-order valence-electron chi connectivity index (χ4n) is 2.80. The van der Waals surface area contributed by atoms with E-state index in [1.807, 2.05) is 6.07 Å². The molecule has 1 aromatic rings. The third kappa shape index (κ3) is 1.73. The van der Waals surface area contributed by atoms with Crippen LogP contribution < -0.4 is 5.32 Å². The van der Waals surface area contributed by atoms with Crippen molar-refractivity contribution in [3.63, 3.8) is 0 Å². The van der Waals surface area contributed by atoms with Crippen LogP contribution in [0.4, 0.5) is 10.1 Å². The molecule has 0 saturated heterocycles. The summed E-state index contributed by atoms with van der Waals surface area (Å²) in [5, 5.41) is 3.29. The summed E-state index contributed by atoms with van der Waals surface area (Å²) in [6, 6.07) is 5.32. The third-order valence-electron chi connectivity index (χ3n) is 3.09. The predicted octanol–water partition coefficient (Wildman–Crippen LogP) is 3.70. The summed E-state index contributed by atoms with van der Waals surface area (Å²) in [5.41, 5.74) is 1.76. The van der Waals surface area contributed by atoms with Crippen LogP contribution in [0.5, 0.6) is 0 Å². The molecular formula is C13H18FN. The van der Waals surface area contributed by atoms with Gasteiger partial charge in [0.15, 0.2) is 0 Å². The van der Waals surface area contributed by atoms with Crippen LogP contribution in [0.15, 0.2) is 18.2 Å². The van der Waals surface area contributed by atoms with Crippen molar-refractivity contribution >= 4 is 5.69 Å². The molecule has 1 heterocycles. The summed E-state index contributed by atoms with van der Waals surface area (Å²) in [4.78, 5) is 0. The Labute approximate surface area is 90.7 Å². The van der Waals surface area contributed by atoms with Gasteiger partial charge in [-0.25, -0.2) is 4.39 Å². The van der Waals surface area contributed by atoms with Crippen LogP contribution in [0.3, 0.4) is 0 Å². The molecule has 1 aliphatic heterocycles. The Morgan fingerprint density at radius 3 is 2.53 bits per heavy atom. The molecule has 1 N–H and O–H groups in total. The van der Waals surface area contributed by atoms with Crippen molar-refractivity contribution in [2.75, 3.05) is 5.32 Å². The maximum atomic E-state index is 13.7. The van der Waals surface area contributed by atoms with Crippen LogP contribution in [0.25, 0.3) is 0 Å². The van der Waals surface area contributed by atoms with Crippen molar-refractivity contribution in [1.29, 1.82) is 0 Å². The summed E-state index contributed by atoms with van der Waals surface area (Å²) >= 11 is 0. The molecule has 2 rings (SSSR count). The molecule has 0 bridgehead atoms. The third-order valence-corrected chi connectivity index (χ3v) is 3.09. The van der Waals surface area contributed by atoms with E-state index in [-0.39, 0.29) is 16.8 Å². The highest BCUT2D eigenvalue weighted by atomic mass is 19.1. The van der Waals surface area contributed by atoms with E-state index in [1.165, 1.54) is 6.07 Å². The number of nitrogens with one attached hydrogen (secondary N) is 1. The number of benzene rings is 1. The summed E-state index contributed by atoms with van der Waals surface area (Å²) < 4.78 is 13.7. The van der Waals surface area contributed by atoms with Gasteiger partial charge in [0.2, 0.25) is 0 Å². The summed E-state index contributed by atoms with van der Waals surface area (Å²) in [6.07, 6.45) is 1.01. The Morgan fingerprint density at radius 2 is 1.87 bits per heavy atom. The minimum atomic E-state index is -0.145. The highest BCUT2D eigenvalue weighted by Gasteiger charge is 2.37. The fraction of sp³-hybridized carbons (Fsp3) is 0.538. The number of rotatable bonds is 0. The first-order valence-electron chi connectivity index (χ1n) is 5.39. The lowest BCUT2D eigenvalue weighted by atomic mass is 9.71. The van der Waals surface area contributed by atoms with Gasteiger partial charge in [-0.15, -0.1) is 0 Å². The highest BCUT2D eigenvalue weighted by Crippen LogP contribution is 2.43. The molecule has 0 saturated carbocycles. The van der Waals surface area contributed by atoms with Gasteiger partial charge in [0, 0.05) is 5.54 Å². The lowest BCUT2D eigenvalue weighted by Crippen LogP contribution is -2.43. The zero-order valence-corrected chi connectivity index (χ0v) is 9.82. The topological polar surface area (TPSA) is 12.0 Å². The standard InChI is InChI=1S/C13H18FN/c1-12(2)8-13(3,4)15-11-9(12)6-5-7-10(11)14/h5-7,15H,8H2,1-4H3. The Kier molecular flexibility index (Phi) is 2.07. The van der Waals surface area contributed by atoms with Crippen LogP contribution in [-0.2, 0) is 5.41 Å². The van der Waals surface area contributed by atoms with Gasteiger partial charge in [0.1, 0.15) is 5.82 Å². The first kappa shape index (κ1) is 10.5. The number of anilines is 1. The molecule has 1 aliphatic rings. The zero-order valence-electron chi connectivity index (χ0n) is 9.82. The van der Waals surface area contributed by atoms with Crippen molar-refractivity contribution in [1.82, 2.24) is 0 Å². The molecular weight excluding hydrogens is 189 g/mol. The number of halogens is 1. The van der Waals surface area contributed by atoms with Crippen molar-refractivity contribution in [3.05, 3.63) is 29.6 Å². The summed E-state index contributed by atoms with van der Waals surface area (Å²) in [6.45, 7) is 8.58. The van der Waals surface area contributed by atoms with Gasteiger partial charge in [-0.05, 0) is 37.3 Å². The van der Waals surface area contributed by atoms with E-state index in [2.05, 4.69) is 33.0 Å². The van der Waals surface area contributed by atoms with Crippen molar-refractivity contribution in [3.8, 4) is 0 Å². The Morgan fingerprint density at radius 1 is 1.20 bits per heavy atom. The van der Waals surface area contributed by atoms with Crippen LogP contribution in [0.2, 0.25) is 0 Å². The normalized spacial score (nSPS) is 21.7. The Bertz CT molecular complexity index is 394. The second-order valence-corrected chi connectivity index (χ2v) is 5.73. The van der Waals surface area contributed by atoms with Gasteiger partial charge < -0.3 is 5.32 Å². The molecule has 0 fully saturated rings. The van der Waals surface area contributed by atoms with E-state index >= 15 is 0 Å². The first-order valence-corrected chi connectivity index (χ1v) is 5.39. The SMILES string of the molecule is CC1(C)CC(C)(C)c2cccc(F)c2N1. The lowest BCUT2D eigenvalue weighted by Gasteiger charge is -2.43. The van der Waals surface area contributed by atoms with Gasteiger partial charge in [-0.1, -0.05) is 26.0 Å². The average Bonchev–Trinajstić information content (AvgIpc) is 2.04. The summed E-state index contributed by atoms with van der Waals surface area (Å²) in [7, 11) is 0. The zero-order chi connectivity index (χ0) is 11.3. The average molecular weight is 207 g/mol. The molecule has 0 amide bonds. The van der Waals surface area contributed by atoms with E-state index in [4.69, 9.17) is 0 Å². The molecule has 1 nitrogen and oxygen atoms in total. The quantitative estimate of drug-likeness (QED) is 0.684. The van der Waals surface area contributed by atoms with Crippen LogP contribution in [0, 0.1) is 5.82 Å². The minimum absolute atomic E-state index is 0.0339.